The predicted molar refractivity (Wildman–Crippen MR) is 19.0 cm³/mol. The molecule has 1 fully saturated rings. The molecule has 0 saturated heterocycles. The van der Waals surface area contributed by atoms with Crippen molar-refractivity contribution < 1.29 is 17.6 Å². The van der Waals surface area contributed by atoms with Gasteiger partial charge in [0.2, 0.25) is 5.38 Å². The molecule has 1 saturated carbocycles. The van der Waals surface area contributed by atoms with Crippen molar-refractivity contribution in [2.24, 2.45) is 0 Å². The van der Waals surface area contributed by atoms with E-state index < -0.39 is 17.2 Å². The van der Waals surface area contributed by atoms with Gasteiger partial charge in [0, 0.05) is 0 Å². The molecule has 0 spiro atoms. The van der Waals surface area contributed by atoms with Gasteiger partial charge in [-0.3, -0.25) is 0 Å². The van der Waals surface area contributed by atoms with Crippen LogP contribution in [0.4, 0.5) is 17.6 Å². The van der Waals surface area contributed by atoms with Crippen LogP contribution in [0.2, 0.25) is 0 Å². The van der Waals surface area contributed by atoms with Gasteiger partial charge in [0.05, 0.1) is 0 Å². The lowest BCUT2D eigenvalue weighted by atomic mass is 10.8. The van der Waals surface area contributed by atoms with E-state index in [1.165, 1.54) is 0 Å². The van der Waals surface area contributed by atoms with Crippen molar-refractivity contribution >= 4 is 11.6 Å². The van der Waals surface area contributed by atoms with E-state index >= 15 is 0 Å². The summed E-state index contributed by atoms with van der Waals surface area (Å²) in [4.78, 5) is 0. The number of hydrogen-bond donors (Lipinski definition) is 0. The van der Waals surface area contributed by atoms with Crippen molar-refractivity contribution in [1.29, 1.82) is 0 Å². The molecule has 0 aromatic heterocycles. The predicted octanol–water partition coefficient (Wildman–Crippen LogP) is 2.04. The molecule has 0 aromatic carbocycles. The first-order valence-corrected chi connectivity index (χ1v) is 2.07. The van der Waals surface area contributed by atoms with Crippen molar-refractivity contribution in [2.45, 2.75) is 11.8 Å². The van der Waals surface area contributed by atoms with Crippen LogP contribution in [0.1, 0.15) is 0 Å². The average Bonchev–Trinajstić information content (AvgIpc) is 1.88. The lowest BCUT2D eigenvalue weighted by Crippen LogP contribution is -2.02. The third-order valence-corrected chi connectivity index (χ3v) is 1.36. The summed E-state index contributed by atoms with van der Waals surface area (Å²) in [7, 11) is 0. The number of hydrogen-bond acceptors (Lipinski definition) is 0. The fraction of sp³-hybridized carbons (Fsp3) is 0.667. The Bertz CT molecular complexity index is 106. The van der Waals surface area contributed by atoms with Gasteiger partial charge in [0.25, 0.3) is 0 Å². The van der Waals surface area contributed by atoms with Gasteiger partial charge in [-0.2, -0.15) is 17.6 Å². The van der Waals surface area contributed by atoms with E-state index in [0.29, 0.717) is 0 Å². The van der Waals surface area contributed by atoms with E-state index in [1.807, 2.05) is 0 Å². The Morgan fingerprint density at radius 1 is 1.00 bits per heavy atom. The third kappa shape index (κ3) is 0.417. The first-order chi connectivity index (χ1) is 3.40. The molecular formula is C3ClF4. The fourth-order valence-corrected chi connectivity index (χ4v) is 0.451. The van der Waals surface area contributed by atoms with Crippen molar-refractivity contribution in [2.75, 3.05) is 0 Å². The lowest BCUT2D eigenvalue weighted by molar-refractivity contribution is -0.0278. The van der Waals surface area contributed by atoms with Gasteiger partial charge in [-0.1, -0.05) is 0 Å². The molecule has 0 heterocycles. The molecule has 1 radical (unpaired) electrons. The molecule has 1 aliphatic carbocycles. The van der Waals surface area contributed by atoms with Crippen molar-refractivity contribution in [3.05, 3.63) is 5.38 Å². The Balaban J connectivity index is 2.72. The van der Waals surface area contributed by atoms with Gasteiger partial charge in [0.1, 0.15) is 0 Å². The van der Waals surface area contributed by atoms with Crippen LogP contribution in [0.5, 0.6) is 0 Å². The van der Waals surface area contributed by atoms with Gasteiger partial charge in [-0.15, -0.1) is 11.6 Å². The van der Waals surface area contributed by atoms with Gasteiger partial charge >= 0.3 is 11.8 Å². The summed E-state index contributed by atoms with van der Waals surface area (Å²) < 4.78 is 45.5. The zero-order valence-corrected chi connectivity index (χ0v) is 4.15. The maximum Gasteiger partial charge on any atom is 0.339 e. The minimum Gasteiger partial charge on any atom is -0.197 e. The smallest absolute Gasteiger partial charge is 0.197 e. The molecule has 1 rings (SSSR count). The summed E-state index contributed by atoms with van der Waals surface area (Å²) in [6.45, 7) is 0. The van der Waals surface area contributed by atoms with Crippen LogP contribution in [0.15, 0.2) is 0 Å². The minimum atomic E-state index is -4.05. The number of alkyl halides is 4. The van der Waals surface area contributed by atoms with Crippen LogP contribution in [0.25, 0.3) is 0 Å². The molecule has 0 unspecified atom stereocenters. The highest BCUT2D eigenvalue weighted by atomic mass is 35.5. The van der Waals surface area contributed by atoms with Crippen LogP contribution >= 0.6 is 11.6 Å². The van der Waals surface area contributed by atoms with Gasteiger partial charge in [0.15, 0.2) is 0 Å². The monoisotopic (exact) mass is 147 g/mol. The summed E-state index contributed by atoms with van der Waals surface area (Å²) in [5.41, 5.74) is 0. The second kappa shape index (κ2) is 1.12. The van der Waals surface area contributed by atoms with E-state index in [2.05, 4.69) is 11.6 Å². The van der Waals surface area contributed by atoms with Crippen LogP contribution in [0, 0.1) is 5.38 Å². The highest BCUT2D eigenvalue weighted by Crippen LogP contribution is 2.66. The SMILES string of the molecule is FC1(F)[C](Cl)C1(F)F. The van der Waals surface area contributed by atoms with E-state index in [-0.39, 0.29) is 0 Å². The first kappa shape index (κ1) is 6.13. The first-order valence-electron chi connectivity index (χ1n) is 1.69. The van der Waals surface area contributed by atoms with Gasteiger partial charge in [-0.05, 0) is 0 Å². The van der Waals surface area contributed by atoms with Gasteiger partial charge in [-0.25, -0.2) is 0 Å². The van der Waals surface area contributed by atoms with Gasteiger partial charge < -0.3 is 0 Å². The van der Waals surface area contributed by atoms with Crippen LogP contribution in [-0.2, 0) is 0 Å². The van der Waals surface area contributed by atoms with E-state index in [4.69, 9.17) is 0 Å². The molecule has 0 N–H and O–H groups in total. The van der Waals surface area contributed by atoms with Crippen LogP contribution in [0.3, 0.4) is 0 Å². The largest absolute Gasteiger partial charge is 0.339 e. The minimum absolute atomic E-state index is 1.55. The summed E-state index contributed by atoms with van der Waals surface area (Å²) >= 11 is 4.39. The molecule has 0 bridgehead atoms. The average molecular weight is 147 g/mol. The molecule has 0 aromatic rings. The number of rotatable bonds is 0. The molecule has 1 aliphatic rings. The molecule has 5 heteroatoms. The maximum atomic E-state index is 11.4. The zero-order chi connectivity index (χ0) is 6.58. The summed E-state index contributed by atoms with van der Waals surface area (Å²) in [5.74, 6) is -8.09. The highest BCUT2D eigenvalue weighted by Gasteiger charge is 2.86. The van der Waals surface area contributed by atoms with Crippen LogP contribution in [-0.4, -0.2) is 11.8 Å². The quantitative estimate of drug-likeness (QED) is 0.460. The summed E-state index contributed by atoms with van der Waals surface area (Å²) in [6.07, 6.45) is 0. The standard InChI is InChI=1S/C3ClF4/c4-1-2(5,6)3(1,7)8. The van der Waals surface area contributed by atoms with Crippen molar-refractivity contribution in [3.63, 3.8) is 0 Å². The topological polar surface area (TPSA) is 0 Å². The van der Waals surface area contributed by atoms with E-state index in [1.54, 1.807) is 0 Å². The molecule has 8 heavy (non-hydrogen) atoms. The van der Waals surface area contributed by atoms with E-state index in [0.717, 1.165) is 0 Å². The second-order valence-corrected chi connectivity index (χ2v) is 1.84. The molecule has 0 amide bonds. The third-order valence-electron chi connectivity index (χ3n) is 0.883. The highest BCUT2D eigenvalue weighted by molar-refractivity contribution is 6.32. The molecule has 0 nitrogen and oxygen atoms in total. The van der Waals surface area contributed by atoms with E-state index in [9.17, 15) is 17.6 Å². The van der Waals surface area contributed by atoms with Crippen molar-refractivity contribution in [1.82, 2.24) is 0 Å². The Morgan fingerprint density at radius 3 is 1.12 bits per heavy atom. The molecule has 47 valence electrons. The Kier molecular flexibility index (Phi) is 0.862. The Hall–Kier alpha value is 0.01000. The zero-order valence-electron chi connectivity index (χ0n) is 3.39. The normalized spacial score (nSPS) is 32.6. The maximum absolute atomic E-state index is 11.4. The fourth-order valence-electron chi connectivity index (χ4n) is 0.261. The molecular weight excluding hydrogens is 147 g/mol. The lowest BCUT2D eigenvalue weighted by Gasteiger charge is -1.86. The van der Waals surface area contributed by atoms with Crippen LogP contribution < -0.4 is 0 Å². The molecule has 0 atom stereocenters. The Labute approximate surface area is 47.4 Å². The summed E-state index contributed by atoms with van der Waals surface area (Å²) in [5, 5.41) is -1.55. The summed E-state index contributed by atoms with van der Waals surface area (Å²) in [6, 6.07) is 0. The second-order valence-electron chi connectivity index (χ2n) is 1.46. The Morgan fingerprint density at radius 2 is 1.12 bits per heavy atom. The number of halogens is 5. The molecule has 0 aliphatic heterocycles. The van der Waals surface area contributed by atoms with Crippen molar-refractivity contribution in [3.8, 4) is 0 Å².